The van der Waals surface area contributed by atoms with Crippen LogP contribution in [0.3, 0.4) is 0 Å². The van der Waals surface area contributed by atoms with Gasteiger partial charge in [-0.05, 0) is 57.4 Å². The van der Waals surface area contributed by atoms with Crippen LogP contribution < -0.4 is 0 Å². The fraction of sp³-hybridized carbons (Fsp3) is 0.350. The van der Waals surface area contributed by atoms with E-state index in [2.05, 4.69) is 37.6 Å². The van der Waals surface area contributed by atoms with Gasteiger partial charge in [-0.25, -0.2) is 0 Å². The summed E-state index contributed by atoms with van der Waals surface area (Å²) >= 11 is 0. The van der Waals surface area contributed by atoms with Crippen LogP contribution in [0.15, 0.2) is 47.7 Å². The molecule has 0 aliphatic heterocycles. The van der Waals surface area contributed by atoms with E-state index in [1.807, 2.05) is 45.1 Å². The number of allylic oxidation sites excluding steroid dienone is 3. The molecule has 0 aliphatic rings. The first-order chi connectivity index (χ1) is 10.5. The molecule has 0 aliphatic carbocycles. The molecule has 0 bridgehead atoms. The van der Waals surface area contributed by atoms with Gasteiger partial charge in [-0.15, -0.1) is 0 Å². The SMILES string of the molecule is C=Cc1ccc(/C(=C/C)O/C(C)=C/CC)cc1N=C(C)CC. The topological polar surface area (TPSA) is 21.6 Å². The predicted molar refractivity (Wildman–Crippen MR) is 98.4 cm³/mol. The Kier molecular flexibility index (Phi) is 7.38. The van der Waals surface area contributed by atoms with E-state index < -0.39 is 0 Å². The van der Waals surface area contributed by atoms with Gasteiger partial charge in [-0.2, -0.15) is 0 Å². The standard InChI is InChI=1S/C20H27NO/c1-7-11-16(6)22-20(10-4)18-13-12-17(9-3)19(14-18)21-15(5)8-2/h9-14H,3,7-8H2,1-2,4-6H3/b16-11+,20-10-,21-15?. The average molecular weight is 297 g/mol. The van der Waals surface area contributed by atoms with E-state index in [0.29, 0.717) is 0 Å². The van der Waals surface area contributed by atoms with Gasteiger partial charge in [0, 0.05) is 11.3 Å². The van der Waals surface area contributed by atoms with E-state index in [-0.39, 0.29) is 0 Å². The molecule has 2 nitrogen and oxygen atoms in total. The maximum atomic E-state index is 5.93. The third kappa shape index (κ3) is 5.03. The minimum Gasteiger partial charge on any atom is -0.462 e. The van der Waals surface area contributed by atoms with Crippen LogP contribution in [0.25, 0.3) is 11.8 Å². The summed E-state index contributed by atoms with van der Waals surface area (Å²) in [4.78, 5) is 4.69. The van der Waals surface area contributed by atoms with Crippen molar-refractivity contribution >= 4 is 23.2 Å². The molecule has 0 radical (unpaired) electrons. The van der Waals surface area contributed by atoms with Crippen LogP contribution in [0.2, 0.25) is 0 Å². The molecule has 0 spiro atoms. The van der Waals surface area contributed by atoms with E-state index in [1.54, 1.807) is 0 Å². The fourth-order valence-corrected chi connectivity index (χ4v) is 2.04. The van der Waals surface area contributed by atoms with Crippen molar-refractivity contribution in [1.29, 1.82) is 0 Å². The Hall–Kier alpha value is -2.09. The van der Waals surface area contributed by atoms with Gasteiger partial charge >= 0.3 is 0 Å². The molecule has 22 heavy (non-hydrogen) atoms. The van der Waals surface area contributed by atoms with Crippen LogP contribution in [-0.4, -0.2) is 5.71 Å². The average Bonchev–Trinajstić information content (AvgIpc) is 2.52. The van der Waals surface area contributed by atoms with E-state index >= 15 is 0 Å². The first kappa shape index (κ1) is 18.0. The molecular weight excluding hydrogens is 270 g/mol. The summed E-state index contributed by atoms with van der Waals surface area (Å²) in [5.41, 5.74) is 4.10. The lowest BCUT2D eigenvalue weighted by atomic mass is 10.1. The number of hydrogen-bond acceptors (Lipinski definition) is 2. The molecule has 0 atom stereocenters. The lowest BCUT2D eigenvalue weighted by Crippen LogP contribution is -1.93. The molecule has 0 heterocycles. The Morgan fingerprint density at radius 2 is 2.00 bits per heavy atom. The van der Waals surface area contributed by atoms with Gasteiger partial charge in [-0.3, -0.25) is 4.99 Å². The van der Waals surface area contributed by atoms with Gasteiger partial charge in [0.05, 0.1) is 11.4 Å². The molecule has 0 saturated carbocycles. The Bertz CT molecular complexity index is 606. The molecule has 1 aromatic rings. The molecule has 0 saturated heterocycles. The molecule has 0 fully saturated rings. The monoisotopic (exact) mass is 297 g/mol. The van der Waals surface area contributed by atoms with Crippen molar-refractivity contribution in [2.45, 2.75) is 47.5 Å². The summed E-state index contributed by atoms with van der Waals surface area (Å²) in [7, 11) is 0. The van der Waals surface area contributed by atoms with Crippen LogP contribution in [0, 0.1) is 0 Å². The second kappa shape index (κ2) is 9.04. The maximum absolute atomic E-state index is 5.93. The molecule has 0 unspecified atom stereocenters. The molecule has 1 aromatic carbocycles. The van der Waals surface area contributed by atoms with Gasteiger partial charge in [0.2, 0.25) is 0 Å². The zero-order valence-electron chi connectivity index (χ0n) is 14.4. The predicted octanol–water partition coefficient (Wildman–Crippen LogP) is 6.52. The Morgan fingerprint density at radius 1 is 1.27 bits per heavy atom. The van der Waals surface area contributed by atoms with Crippen molar-refractivity contribution in [2.24, 2.45) is 4.99 Å². The third-order valence-corrected chi connectivity index (χ3v) is 3.38. The molecule has 1 rings (SSSR count). The summed E-state index contributed by atoms with van der Waals surface area (Å²) in [6, 6.07) is 6.15. The number of benzene rings is 1. The number of rotatable bonds is 7. The molecule has 0 amide bonds. The maximum Gasteiger partial charge on any atom is 0.129 e. The largest absolute Gasteiger partial charge is 0.462 e. The molecule has 0 aromatic heterocycles. The smallest absolute Gasteiger partial charge is 0.129 e. The van der Waals surface area contributed by atoms with E-state index in [1.165, 1.54) is 0 Å². The van der Waals surface area contributed by atoms with Gasteiger partial charge in [0.25, 0.3) is 0 Å². The van der Waals surface area contributed by atoms with Gasteiger partial charge in [-0.1, -0.05) is 38.6 Å². The normalized spacial score (nSPS) is 13.2. The van der Waals surface area contributed by atoms with Crippen molar-refractivity contribution in [3.8, 4) is 0 Å². The lowest BCUT2D eigenvalue weighted by Gasteiger charge is -2.12. The minimum atomic E-state index is 0.850. The van der Waals surface area contributed by atoms with Crippen molar-refractivity contribution in [1.82, 2.24) is 0 Å². The fourth-order valence-electron chi connectivity index (χ4n) is 2.04. The van der Waals surface area contributed by atoms with Crippen LogP contribution >= 0.6 is 0 Å². The van der Waals surface area contributed by atoms with Crippen LogP contribution in [0.1, 0.15) is 58.6 Å². The summed E-state index contributed by atoms with van der Waals surface area (Å²) in [6.45, 7) is 14.1. The summed E-state index contributed by atoms with van der Waals surface area (Å²) in [5, 5.41) is 0. The van der Waals surface area contributed by atoms with E-state index in [0.717, 1.165) is 46.9 Å². The zero-order chi connectivity index (χ0) is 16.5. The van der Waals surface area contributed by atoms with Crippen molar-refractivity contribution in [3.63, 3.8) is 0 Å². The van der Waals surface area contributed by atoms with Crippen molar-refractivity contribution in [2.75, 3.05) is 0 Å². The molecule has 118 valence electrons. The van der Waals surface area contributed by atoms with Crippen LogP contribution in [0.4, 0.5) is 5.69 Å². The second-order valence-corrected chi connectivity index (χ2v) is 5.16. The lowest BCUT2D eigenvalue weighted by molar-refractivity contribution is 0.382. The quantitative estimate of drug-likeness (QED) is 0.414. The van der Waals surface area contributed by atoms with E-state index in [9.17, 15) is 0 Å². The van der Waals surface area contributed by atoms with Crippen molar-refractivity contribution < 1.29 is 4.74 Å². The molecule has 0 N–H and O–H groups in total. The number of aliphatic imine (C=N–C) groups is 1. The Balaban J connectivity index is 3.22. The minimum absolute atomic E-state index is 0.850. The summed E-state index contributed by atoms with van der Waals surface area (Å²) < 4.78 is 5.93. The number of nitrogens with zero attached hydrogens (tertiary/aromatic N) is 1. The second-order valence-electron chi connectivity index (χ2n) is 5.16. The Labute approximate surface area is 134 Å². The third-order valence-electron chi connectivity index (χ3n) is 3.38. The first-order valence-corrected chi connectivity index (χ1v) is 7.87. The Morgan fingerprint density at radius 3 is 2.55 bits per heavy atom. The van der Waals surface area contributed by atoms with Crippen LogP contribution in [-0.2, 0) is 4.74 Å². The zero-order valence-corrected chi connectivity index (χ0v) is 14.4. The van der Waals surface area contributed by atoms with Gasteiger partial charge < -0.3 is 4.74 Å². The number of hydrogen-bond donors (Lipinski definition) is 0. The van der Waals surface area contributed by atoms with Gasteiger partial charge in [0.15, 0.2) is 0 Å². The summed E-state index contributed by atoms with van der Waals surface area (Å²) in [5.74, 6) is 1.77. The highest BCUT2D eigenvalue weighted by Gasteiger charge is 2.07. The highest BCUT2D eigenvalue weighted by atomic mass is 16.5. The highest BCUT2D eigenvalue weighted by Crippen LogP contribution is 2.28. The van der Waals surface area contributed by atoms with Crippen LogP contribution in [0.5, 0.6) is 0 Å². The molecule has 2 heteroatoms. The molecular formula is C20H27NO. The first-order valence-electron chi connectivity index (χ1n) is 7.87. The highest BCUT2D eigenvalue weighted by molar-refractivity contribution is 5.86. The van der Waals surface area contributed by atoms with Crippen molar-refractivity contribution in [3.05, 3.63) is 53.8 Å². The number of ether oxygens (including phenoxy) is 1. The summed E-state index contributed by atoms with van der Waals surface area (Å²) in [6.07, 6.45) is 7.79. The van der Waals surface area contributed by atoms with E-state index in [4.69, 9.17) is 4.74 Å². The van der Waals surface area contributed by atoms with Gasteiger partial charge in [0.1, 0.15) is 5.76 Å².